The molecular formula is C8H6BBr3O. The van der Waals surface area contributed by atoms with Crippen LogP contribution in [-0.2, 0) is 0 Å². The van der Waals surface area contributed by atoms with Crippen LogP contribution in [0.2, 0.25) is 0 Å². The van der Waals surface area contributed by atoms with Crippen molar-refractivity contribution in [3.63, 3.8) is 0 Å². The molecule has 0 spiro atoms. The van der Waals surface area contributed by atoms with Crippen molar-refractivity contribution >= 4 is 61.1 Å². The van der Waals surface area contributed by atoms with Gasteiger partial charge in [-0.2, -0.15) is 0 Å². The summed E-state index contributed by atoms with van der Waals surface area (Å²) in [6, 6.07) is 1.87. The fraction of sp³-hybridized carbons (Fsp3) is 0.250. The molecule has 5 heteroatoms. The predicted molar refractivity (Wildman–Crippen MR) is 66.1 cm³/mol. The molecule has 0 fully saturated rings. The third kappa shape index (κ3) is 2.51. The van der Waals surface area contributed by atoms with Crippen LogP contribution in [0.3, 0.4) is 0 Å². The molecule has 2 radical (unpaired) electrons. The molecule has 13 heavy (non-hydrogen) atoms. The van der Waals surface area contributed by atoms with Gasteiger partial charge in [-0.25, -0.2) is 0 Å². The van der Waals surface area contributed by atoms with Gasteiger partial charge in [0.2, 0.25) is 0 Å². The fourth-order valence-corrected chi connectivity index (χ4v) is 2.29. The van der Waals surface area contributed by atoms with Crippen LogP contribution in [0.1, 0.15) is 6.92 Å². The van der Waals surface area contributed by atoms with Gasteiger partial charge in [-0.3, -0.25) is 0 Å². The van der Waals surface area contributed by atoms with Gasteiger partial charge in [0.15, 0.2) is 0 Å². The van der Waals surface area contributed by atoms with E-state index in [2.05, 4.69) is 47.8 Å². The Kier molecular flexibility index (Phi) is 4.33. The molecule has 0 heterocycles. The highest BCUT2D eigenvalue weighted by molar-refractivity contribution is 9.13. The lowest BCUT2D eigenvalue weighted by Crippen LogP contribution is -2.09. The molecular weight excluding hydrogens is 363 g/mol. The maximum atomic E-state index is 5.81. The van der Waals surface area contributed by atoms with E-state index in [4.69, 9.17) is 12.6 Å². The number of ether oxygens (including phenoxy) is 1. The lowest BCUT2D eigenvalue weighted by molar-refractivity contribution is 0.338. The molecule has 1 rings (SSSR count). The summed E-state index contributed by atoms with van der Waals surface area (Å²) in [6.07, 6.45) is 0. The summed E-state index contributed by atoms with van der Waals surface area (Å²) >= 11 is 10.1. The molecule has 0 saturated carbocycles. The van der Waals surface area contributed by atoms with Gasteiger partial charge in [0, 0.05) is 8.95 Å². The number of benzene rings is 1. The molecule has 0 aliphatic rings. The number of hydrogen-bond acceptors (Lipinski definition) is 1. The molecule has 0 amide bonds. The lowest BCUT2D eigenvalue weighted by Gasteiger charge is -2.11. The van der Waals surface area contributed by atoms with Gasteiger partial charge < -0.3 is 4.74 Å². The summed E-state index contributed by atoms with van der Waals surface area (Å²) in [5, 5.41) is 0. The van der Waals surface area contributed by atoms with E-state index in [1.807, 2.05) is 13.0 Å². The van der Waals surface area contributed by atoms with Crippen molar-refractivity contribution in [1.82, 2.24) is 0 Å². The molecule has 0 bridgehead atoms. The van der Waals surface area contributed by atoms with Gasteiger partial charge in [0.1, 0.15) is 13.6 Å². The number of rotatable bonds is 2. The molecule has 1 aromatic carbocycles. The van der Waals surface area contributed by atoms with Crippen LogP contribution in [0, 0.1) is 0 Å². The van der Waals surface area contributed by atoms with Gasteiger partial charge in [-0.05, 0) is 44.8 Å². The molecule has 68 valence electrons. The van der Waals surface area contributed by atoms with E-state index in [0.29, 0.717) is 12.1 Å². The zero-order chi connectivity index (χ0) is 10.0. The van der Waals surface area contributed by atoms with Crippen molar-refractivity contribution in [2.45, 2.75) is 6.92 Å². The Balaban J connectivity index is 3.24. The average molecular weight is 369 g/mol. The second-order valence-electron chi connectivity index (χ2n) is 2.33. The highest BCUT2D eigenvalue weighted by Gasteiger charge is 2.10. The van der Waals surface area contributed by atoms with Crippen molar-refractivity contribution in [1.29, 1.82) is 0 Å². The van der Waals surface area contributed by atoms with Gasteiger partial charge in [-0.15, -0.1) is 0 Å². The third-order valence-electron chi connectivity index (χ3n) is 1.46. The summed E-state index contributed by atoms with van der Waals surface area (Å²) in [7, 11) is 5.81. The molecule has 0 aliphatic heterocycles. The van der Waals surface area contributed by atoms with Crippen LogP contribution in [0.5, 0.6) is 5.75 Å². The topological polar surface area (TPSA) is 9.23 Å². The molecule has 0 unspecified atom stereocenters. The average Bonchev–Trinajstić information content (AvgIpc) is 2.11. The Morgan fingerprint density at radius 3 is 2.46 bits per heavy atom. The highest BCUT2D eigenvalue weighted by Crippen LogP contribution is 2.32. The first-order chi connectivity index (χ1) is 6.07. The van der Waals surface area contributed by atoms with E-state index in [1.165, 1.54) is 0 Å². The van der Waals surface area contributed by atoms with E-state index in [0.717, 1.165) is 19.2 Å². The van der Waals surface area contributed by atoms with Crippen molar-refractivity contribution in [2.24, 2.45) is 0 Å². The molecule has 1 nitrogen and oxygen atoms in total. The van der Waals surface area contributed by atoms with Crippen LogP contribution in [-0.4, -0.2) is 14.5 Å². The van der Waals surface area contributed by atoms with E-state index in [1.54, 1.807) is 0 Å². The monoisotopic (exact) mass is 366 g/mol. The Hall–Kier alpha value is 0.525. The van der Waals surface area contributed by atoms with Crippen molar-refractivity contribution in [3.8, 4) is 5.75 Å². The van der Waals surface area contributed by atoms with Gasteiger partial charge >= 0.3 is 0 Å². The Labute approximate surface area is 104 Å². The third-order valence-corrected chi connectivity index (χ3v) is 4.29. The summed E-state index contributed by atoms with van der Waals surface area (Å²) in [4.78, 5) is 0. The molecule has 0 aliphatic carbocycles. The smallest absolute Gasteiger partial charge is 0.134 e. The van der Waals surface area contributed by atoms with Gasteiger partial charge in [-0.1, -0.05) is 21.4 Å². The summed E-state index contributed by atoms with van der Waals surface area (Å²) in [5.74, 6) is 0.745. The molecule has 0 saturated heterocycles. The predicted octanol–water partition coefficient (Wildman–Crippen LogP) is 3.17. The Morgan fingerprint density at radius 1 is 1.31 bits per heavy atom. The first-order valence-corrected chi connectivity index (χ1v) is 6.01. The van der Waals surface area contributed by atoms with Crippen molar-refractivity contribution < 1.29 is 4.74 Å². The van der Waals surface area contributed by atoms with E-state index in [-0.39, 0.29) is 0 Å². The second kappa shape index (κ2) is 4.85. The van der Waals surface area contributed by atoms with Gasteiger partial charge in [0.25, 0.3) is 0 Å². The molecule has 0 aromatic heterocycles. The van der Waals surface area contributed by atoms with E-state index in [9.17, 15) is 0 Å². The standard InChI is InChI=1S/C8H6BBr3O/c1-2-13-5-3-4(10)7(11)6(9)8(5)12/h3H,2H2,1H3. The van der Waals surface area contributed by atoms with Gasteiger partial charge in [0.05, 0.1) is 11.1 Å². The highest BCUT2D eigenvalue weighted by atomic mass is 79.9. The zero-order valence-corrected chi connectivity index (χ0v) is 11.7. The maximum Gasteiger partial charge on any atom is 0.134 e. The van der Waals surface area contributed by atoms with E-state index >= 15 is 0 Å². The summed E-state index contributed by atoms with van der Waals surface area (Å²) in [6.45, 7) is 2.55. The minimum atomic E-state index is 0.617. The normalized spacial score (nSPS) is 10.2. The molecule has 0 N–H and O–H groups in total. The molecule has 1 aromatic rings. The maximum absolute atomic E-state index is 5.81. The zero-order valence-electron chi connectivity index (χ0n) is 6.90. The summed E-state index contributed by atoms with van der Waals surface area (Å²) < 4.78 is 7.88. The van der Waals surface area contributed by atoms with Crippen LogP contribution < -0.4 is 10.2 Å². The van der Waals surface area contributed by atoms with Crippen LogP contribution in [0.4, 0.5) is 0 Å². The quantitative estimate of drug-likeness (QED) is 0.575. The number of hydrogen-bond donors (Lipinski definition) is 0. The van der Waals surface area contributed by atoms with E-state index < -0.39 is 0 Å². The SMILES string of the molecule is [B]c1c(Br)c(Br)cc(OCC)c1Br. The Morgan fingerprint density at radius 2 is 1.92 bits per heavy atom. The van der Waals surface area contributed by atoms with Crippen LogP contribution >= 0.6 is 47.8 Å². The molecule has 0 atom stereocenters. The van der Waals surface area contributed by atoms with Crippen LogP contribution in [0.15, 0.2) is 19.5 Å². The first-order valence-electron chi connectivity index (χ1n) is 3.63. The minimum absolute atomic E-state index is 0.617. The van der Waals surface area contributed by atoms with Crippen molar-refractivity contribution in [3.05, 3.63) is 19.5 Å². The second-order valence-corrected chi connectivity index (χ2v) is 4.77. The largest absolute Gasteiger partial charge is 0.493 e. The summed E-state index contributed by atoms with van der Waals surface area (Å²) in [5.41, 5.74) is 0.637. The minimum Gasteiger partial charge on any atom is -0.493 e. The fourth-order valence-electron chi connectivity index (χ4n) is 0.860. The Bertz CT molecular complexity index is 328. The van der Waals surface area contributed by atoms with Crippen molar-refractivity contribution in [2.75, 3.05) is 6.61 Å². The number of halogens is 3. The van der Waals surface area contributed by atoms with Crippen LogP contribution in [0.25, 0.3) is 0 Å². The lowest BCUT2D eigenvalue weighted by atomic mass is 9.96. The first kappa shape index (κ1) is 11.6.